The normalized spacial score (nSPS) is 12.8. The van der Waals surface area contributed by atoms with Crippen LogP contribution in [0.4, 0.5) is 0 Å². The Morgan fingerprint density at radius 3 is 2.41 bits per heavy atom. The molecule has 0 aliphatic rings. The topological polar surface area (TPSA) is 72.2 Å². The number of halogens is 1. The van der Waals surface area contributed by atoms with Crippen molar-refractivity contribution in [3.63, 3.8) is 0 Å². The largest absolute Gasteiger partial charge is 0.329 e. The van der Waals surface area contributed by atoms with Crippen LogP contribution in [0.2, 0.25) is 0 Å². The van der Waals surface area contributed by atoms with Crippen molar-refractivity contribution in [1.29, 1.82) is 0 Å². The van der Waals surface area contributed by atoms with Crippen molar-refractivity contribution in [2.45, 2.75) is 19.4 Å². The number of rotatable bonds is 6. The molecule has 0 radical (unpaired) electrons. The summed E-state index contributed by atoms with van der Waals surface area (Å²) in [6, 6.07) is 9.34. The number of benzene rings is 1. The molecule has 0 aliphatic carbocycles. The molecule has 3 N–H and O–H groups in total. The SMILES string of the molecule is C[C@@H](CN)NS(=O)(=O)CCc1ccccc1.Cl. The van der Waals surface area contributed by atoms with E-state index in [0.29, 0.717) is 13.0 Å². The maximum Gasteiger partial charge on any atom is 0.212 e. The van der Waals surface area contributed by atoms with Crippen molar-refractivity contribution >= 4 is 22.4 Å². The third kappa shape index (κ3) is 6.63. The predicted octanol–water partition coefficient (Wildman–Crippen LogP) is 0.918. The molecule has 0 saturated heterocycles. The van der Waals surface area contributed by atoms with E-state index in [1.165, 1.54) is 0 Å². The summed E-state index contributed by atoms with van der Waals surface area (Å²) in [4.78, 5) is 0. The van der Waals surface area contributed by atoms with Gasteiger partial charge in [0.1, 0.15) is 0 Å². The Morgan fingerprint density at radius 1 is 1.29 bits per heavy atom. The van der Waals surface area contributed by atoms with Crippen LogP contribution in [0.3, 0.4) is 0 Å². The van der Waals surface area contributed by atoms with Crippen LogP contribution >= 0.6 is 12.4 Å². The quantitative estimate of drug-likeness (QED) is 0.813. The lowest BCUT2D eigenvalue weighted by Crippen LogP contribution is -2.39. The van der Waals surface area contributed by atoms with E-state index >= 15 is 0 Å². The number of hydrogen-bond acceptors (Lipinski definition) is 3. The van der Waals surface area contributed by atoms with Gasteiger partial charge in [-0.25, -0.2) is 13.1 Å². The molecule has 0 aromatic heterocycles. The zero-order valence-corrected chi connectivity index (χ0v) is 11.4. The standard InChI is InChI=1S/C11H18N2O2S.ClH/c1-10(9-12)13-16(14,15)8-7-11-5-3-2-4-6-11;/h2-6,10,13H,7-9,12H2,1H3;1H/t10-;/m0./s1. The van der Waals surface area contributed by atoms with Crippen LogP contribution in [0.1, 0.15) is 12.5 Å². The van der Waals surface area contributed by atoms with Gasteiger partial charge in [0.05, 0.1) is 5.75 Å². The molecule has 1 aromatic carbocycles. The molecule has 0 aliphatic heterocycles. The summed E-state index contributed by atoms with van der Waals surface area (Å²) >= 11 is 0. The average Bonchev–Trinajstić information content (AvgIpc) is 2.27. The van der Waals surface area contributed by atoms with Crippen LogP contribution in [0.25, 0.3) is 0 Å². The maximum atomic E-state index is 11.6. The highest BCUT2D eigenvalue weighted by molar-refractivity contribution is 7.89. The summed E-state index contributed by atoms with van der Waals surface area (Å²) in [7, 11) is -3.22. The van der Waals surface area contributed by atoms with Gasteiger partial charge in [-0.15, -0.1) is 12.4 Å². The van der Waals surface area contributed by atoms with E-state index in [2.05, 4.69) is 4.72 Å². The second kappa shape index (κ2) is 7.66. The monoisotopic (exact) mass is 278 g/mol. The lowest BCUT2D eigenvalue weighted by atomic mass is 10.2. The van der Waals surface area contributed by atoms with Crippen LogP contribution in [0.15, 0.2) is 30.3 Å². The molecule has 6 heteroatoms. The number of aryl methyl sites for hydroxylation is 1. The van der Waals surface area contributed by atoms with E-state index in [4.69, 9.17) is 5.73 Å². The summed E-state index contributed by atoms with van der Waals surface area (Å²) in [5, 5.41) is 0. The Hall–Kier alpha value is -0.620. The molecule has 0 heterocycles. The fourth-order valence-corrected chi connectivity index (χ4v) is 2.64. The van der Waals surface area contributed by atoms with E-state index in [0.717, 1.165) is 5.56 Å². The Labute approximate surface area is 109 Å². The highest BCUT2D eigenvalue weighted by atomic mass is 35.5. The van der Waals surface area contributed by atoms with Gasteiger partial charge in [-0.05, 0) is 18.9 Å². The fourth-order valence-electron chi connectivity index (χ4n) is 1.31. The highest BCUT2D eigenvalue weighted by Crippen LogP contribution is 2.01. The van der Waals surface area contributed by atoms with Crippen molar-refractivity contribution in [2.75, 3.05) is 12.3 Å². The molecule has 1 aromatic rings. The third-order valence-electron chi connectivity index (χ3n) is 2.24. The summed E-state index contributed by atoms with van der Waals surface area (Å²) < 4.78 is 25.7. The Kier molecular flexibility index (Phi) is 7.38. The summed E-state index contributed by atoms with van der Waals surface area (Å²) in [5.41, 5.74) is 6.38. The van der Waals surface area contributed by atoms with Crippen LogP contribution < -0.4 is 10.5 Å². The summed E-state index contributed by atoms with van der Waals surface area (Å²) in [5.74, 6) is 0.0986. The van der Waals surface area contributed by atoms with E-state index in [-0.39, 0.29) is 24.2 Å². The first kappa shape index (κ1) is 16.4. The third-order valence-corrected chi connectivity index (χ3v) is 3.74. The Bertz CT molecular complexity index is 409. The van der Waals surface area contributed by atoms with Crippen LogP contribution in [-0.2, 0) is 16.4 Å². The van der Waals surface area contributed by atoms with Gasteiger partial charge < -0.3 is 5.73 Å². The molecule has 0 unspecified atom stereocenters. The molecule has 0 bridgehead atoms. The minimum absolute atomic E-state index is 0. The van der Waals surface area contributed by atoms with Gasteiger partial charge in [-0.2, -0.15) is 0 Å². The smallest absolute Gasteiger partial charge is 0.212 e. The first-order chi connectivity index (χ1) is 7.53. The molecule has 0 spiro atoms. The second-order valence-electron chi connectivity index (χ2n) is 3.81. The van der Waals surface area contributed by atoms with Gasteiger partial charge >= 0.3 is 0 Å². The predicted molar refractivity (Wildman–Crippen MR) is 72.8 cm³/mol. The molecule has 0 fully saturated rings. The molecule has 0 saturated carbocycles. The maximum absolute atomic E-state index is 11.6. The molecule has 1 rings (SSSR count). The molecular weight excluding hydrogens is 260 g/mol. The number of nitrogens with one attached hydrogen (secondary N) is 1. The summed E-state index contributed by atoms with van der Waals surface area (Å²) in [6.45, 7) is 2.06. The van der Waals surface area contributed by atoms with Gasteiger partial charge in [-0.3, -0.25) is 0 Å². The number of hydrogen-bond donors (Lipinski definition) is 2. The van der Waals surface area contributed by atoms with E-state index in [1.807, 2.05) is 30.3 Å². The van der Waals surface area contributed by atoms with Crippen LogP contribution in [0, 0.1) is 0 Å². The van der Waals surface area contributed by atoms with Crippen molar-refractivity contribution in [3.05, 3.63) is 35.9 Å². The fraction of sp³-hybridized carbons (Fsp3) is 0.455. The molecule has 17 heavy (non-hydrogen) atoms. The van der Waals surface area contributed by atoms with Gasteiger partial charge in [0, 0.05) is 12.6 Å². The van der Waals surface area contributed by atoms with Gasteiger partial charge in [0.2, 0.25) is 10.0 Å². The van der Waals surface area contributed by atoms with Gasteiger partial charge in [0.15, 0.2) is 0 Å². The molecule has 0 amide bonds. The highest BCUT2D eigenvalue weighted by Gasteiger charge is 2.13. The van der Waals surface area contributed by atoms with E-state index < -0.39 is 10.0 Å². The van der Waals surface area contributed by atoms with Gasteiger partial charge in [-0.1, -0.05) is 30.3 Å². The van der Waals surface area contributed by atoms with E-state index in [9.17, 15) is 8.42 Å². The molecule has 4 nitrogen and oxygen atoms in total. The zero-order chi connectivity index (χ0) is 12.0. The summed E-state index contributed by atoms with van der Waals surface area (Å²) in [6.07, 6.45) is 0.521. The number of sulfonamides is 1. The van der Waals surface area contributed by atoms with Crippen molar-refractivity contribution in [1.82, 2.24) is 4.72 Å². The average molecular weight is 279 g/mol. The molecule has 98 valence electrons. The molecular formula is C11H19ClN2O2S. The van der Waals surface area contributed by atoms with Crippen molar-refractivity contribution in [3.8, 4) is 0 Å². The van der Waals surface area contributed by atoms with Crippen molar-refractivity contribution < 1.29 is 8.42 Å². The second-order valence-corrected chi connectivity index (χ2v) is 5.68. The van der Waals surface area contributed by atoms with Crippen LogP contribution in [-0.4, -0.2) is 26.8 Å². The lowest BCUT2D eigenvalue weighted by molar-refractivity contribution is 0.562. The Morgan fingerprint density at radius 2 is 1.88 bits per heavy atom. The minimum atomic E-state index is -3.22. The first-order valence-corrected chi connectivity index (χ1v) is 6.93. The first-order valence-electron chi connectivity index (χ1n) is 5.27. The van der Waals surface area contributed by atoms with Crippen LogP contribution in [0.5, 0.6) is 0 Å². The molecule has 1 atom stereocenters. The Balaban J connectivity index is 0.00000256. The number of nitrogens with two attached hydrogens (primary N) is 1. The lowest BCUT2D eigenvalue weighted by Gasteiger charge is -2.11. The van der Waals surface area contributed by atoms with Crippen molar-refractivity contribution in [2.24, 2.45) is 5.73 Å². The van der Waals surface area contributed by atoms with E-state index in [1.54, 1.807) is 6.92 Å². The minimum Gasteiger partial charge on any atom is -0.329 e. The van der Waals surface area contributed by atoms with Gasteiger partial charge in [0.25, 0.3) is 0 Å². The zero-order valence-electron chi connectivity index (χ0n) is 9.80.